The van der Waals surface area contributed by atoms with E-state index in [4.69, 9.17) is 10.2 Å². The summed E-state index contributed by atoms with van der Waals surface area (Å²) in [5, 5.41) is 27.0. The average molecular weight is 196 g/mol. The Labute approximate surface area is 92.4 Å². The van der Waals surface area contributed by atoms with E-state index >= 15 is 0 Å². The Balaban J connectivity index is 0.00000144. The predicted octanol–water partition coefficient (Wildman–Crippen LogP) is -0.836. The van der Waals surface area contributed by atoms with Gasteiger partial charge in [-0.25, -0.2) is 0 Å². The van der Waals surface area contributed by atoms with E-state index in [1.807, 2.05) is 0 Å². The maximum absolute atomic E-state index is 9.38. The van der Waals surface area contributed by atoms with Gasteiger partial charge in [0, 0.05) is 17.3 Å². The molecule has 0 unspecified atom stereocenters. The van der Waals surface area contributed by atoms with Gasteiger partial charge in [0.2, 0.25) is 0 Å². The first kappa shape index (κ1) is 12.6. The van der Waals surface area contributed by atoms with Crippen molar-refractivity contribution in [2.45, 2.75) is 20.1 Å². The van der Waals surface area contributed by atoms with Gasteiger partial charge in [0.15, 0.2) is 0 Å². The van der Waals surface area contributed by atoms with Crippen LogP contribution < -0.4 is 0 Å². The van der Waals surface area contributed by atoms with E-state index in [1.54, 1.807) is 6.92 Å². The van der Waals surface area contributed by atoms with Crippen LogP contribution in [0, 0.1) is 6.92 Å². The van der Waals surface area contributed by atoms with E-state index in [0.717, 1.165) is 0 Å². The molecule has 0 aliphatic rings. The van der Waals surface area contributed by atoms with Crippen molar-refractivity contribution in [3.8, 4) is 5.75 Å². The molecule has 3 N–H and O–H groups in total. The summed E-state index contributed by atoms with van der Waals surface area (Å²) in [7, 11) is 0. The molecule has 1 heterocycles. The molecule has 0 amide bonds. The lowest BCUT2D eigenvalue weighted by Gasteiger charge is -2.07. The summed E-state index contributed by atoms with van der Waals surface area (Å²) in [6, 6.07) is 0. The molecule has 0 spiro atoms. The van der Waals surface area contributed by atoms with Crippen LogP contribution in [0.2, 0.25) is 0 Å². The molecule has 70 valence electrons. The van der Waals surface area contributed by atoms with Crippen molar-refractivity contribution in [3.63, 3.8) is 0 Å². The minimum Gasteiger partial charge on any atom is -0.506 e. The Morgan fingerprint density at radius 2 is 1.92 bits per heavy atom. The first-order chi connectivity index (χ1) is 5.70. The third-order valence-electron chi connectivity index (χ3n) is 1.76. The normalized spacial score (nSPS) is 9.46. The third kappa shape index (κ3) is 2.54. The highest BCUT2D eigenvalue weighted by atomic mass is 24.3. The van der Waals surface area contributed by atoms with Crippen LogP contribution in [0.4, 0.5) is 0 Å². The Kier molecular flexibility index (Phi) is 5.23. The van der Waals surface area contributed by atoms with Gasteiger partial charge in [-0.2, -0.15) is 0 Å². The molecule has 13 heavy (non-hydrogen) atoms. The minimum absolute atomic E-state index is 0. The van der Waals surface area contributed by atoms with Gasteiger partial charge in [-0.15, -0.1) is 0 Å². The summed E-state index contributed by atoms with van der Waals surface area (Å²) in [6.45, 7) is 1.12. The fourth-order valence-corrected chi connectivity index (χ4v) is 0.997. The van der Waals surface area contributed by atoms with Gasteiger partial charge in [0.05, 0.1) is 18.9 Å². The number of pyridine rings is 1. The molecular formula is C8H13MgNO3. The lowest BCUT2D eigenvalue weighted by molar-refractivity contribution is 0.254. The van der Waals surface area contributed by atoms with Crippen LogP contribution in [0.3, 0.4) is 0 Å². The second-order valence-electron chi connectivity index (χ2n) is 2.51. The van der Waals surface area contributed by atoms with Crippen molar-refractivity contribution >= 4 is 23.1 Å². The number of aliphatic hydroxyl groups excluding tert-OH is 2. The predicted molar refractivity (Wildman–Crippen MR) is 51.0 cm³/mol. The lowest BCUT2D eigenvalue weighted by atomic mass is 10.1. The second kappa shape index (κ2) is 5.38. The van der Waals surface area contributed by atoms with Crippen LogP contribution in [0.1, 0.15) is 16.8 Å². The zero-order chi connectivity index (χ0) is 9.14. The molecule has 0 saturated heterocycles. The molecule has 0 bridgehead atoms. The van der Waals surface area contributed by atoms with E-state index in [2.05, 4.69) is 4.98 Å². The third-order valence-corrected chi connectivity index (χ3v) is 1.76. The van der Waals surface area contributed by atoms with E-state index in [0.29, 0.717) is 16.8 Å². The number of hydrogen-bond donors (Lipinski definition) is 3. The van der Waals surface area contributed by atoms with E-state index in [9.17, 15) is 5.11 Å². The van der Waals surface area contributed by atoms with Crippen molar-refractivity contribution in [1.29, 1.82) is 0 Å². The van der Waals surface area contributed by atoms with Gasteiger partial charge in [0.25, 0.3) is 0 Å². The SMILES string of the molecule is Cc1ncc(CO)c(CO)c1O.[MgH2]. The second-order valence-corrected chi connectivity index (χ2v) is 2.51. The molecule has 0 aliphatic heterocycles. The summed E-state index contributed by atoms with van der Waals surface area (Å²) >= 11 is 0. The molecule has 0 aliphatic carbocycles. The quantitative estimate of drug-likeness (QED) is 0.538. The molecule has 0 radical (unpaired) electrons. The Morgan fingerprint density at radius 1 is 1.31 bits per heavy atom. The molecule has 1 rings (SSSR count). The first-order valence-electron chi connectivity index (χ1n) is 3.58. The standard InChI is InChI=1S/C8H11NO3.Mg.2H/c1-5-8(12)7(4-11)6(3-10)2-9-5;;;/h2,10-12H,3-4H2,1H3;;;. The summed E-state index contributed by atoms with van der Waals surface area (Å²) < 4.78 is 0. The Bertz CT molecular complexity index is 291. The molecule has 5 heteroatoms. The van der Waals surface area contributed by atoms with E-state index in [1.165, 1.54) is 6.20 Å². The van der Waals surface area contributed by atoms with Gasteiger partial charge in [0.1, 0.15) is 5.75 Å². The van der Waals surface area contributed by atoms with Crippen molar-refractivity contribution < 1.29 is 15.3 Å². The zero-order valence-electron chi connectivity index (χ0n) is 6.78. The number of aryl methyl sites for hydroxylation is 1. The average Bonchev–Trinajstić information content (AvgIpc) is 2.09. The summed E-state index contributed by atoms with van der Waals surface area (Å²) in [5.41, 5.74) is 1.27. The van der Waals surface area contributed by atoms with E-state index in [-0.39, 0.29) is 42.0 Å². The van der Waals surface area contributed by atoms with Crippen LogP contribution >= 0.6 is 0 Å². The van der Waals surface area contributed by atoms with Crippen molar-refractivity contribution in [2.75, 3.05) is 0 Å². The summed E-state index contributed by atoms with van der Waals surface area (Å²) in [5.74, 6) is -0.0379. The molecule has 0 atom stereocenters. The van der Waals surface area contributed by atoms with Crippen LogP contribution in [-0.4, -0.2) is 43.4 Å². The smallest absolute Gasteiger partial charge is 0.316 e. The van der Waals surface area contributed by atoms with Crippen LogP contribution in [-0.2, 0) is 13.2 Å². The van der Waals surface area contributed by atoms with E-state index < -0.39 is 0 Å². The Morgan fingerprint density at radius 3 is 2.38 bits per heavy atom. The van der Waals surface area contributed by atoms with Crippen molar-refractivity contribution in [1.82, 2.24) is 4.98 Å². The van der Waals surface area contributed by atoms with Gasteiger partial charge < -0.3 is 15.3 Å². The lowest BCUT2D eigenvalue weighted by Crippen LogP contribution is -1.98. The molecule has 4 nitrogen and oxygen atoms in total. The molecule has 1 aromatic heterocycles. The first-order valence-corrected chi connectivity index (χ1v) is 3.58. The number of aliphatic hydroxyl groups is 2. The number of nitrogens with zero attached hydrogens (tertiary/aromatic N) is 1. The number of rotatable bonds is 2. The highest BCUT2D eigenvalue weighted by Crippen LogP contribution is 2.23. The summed E-state index contributed by atoms with van der Waals surface area (Å²) in [4.78, 5) is 3.84. The van der Waals surface area contributed by atoms with Crippen molar-refractivity contribution in [3.05, 3.63) is 23.0 Å². The van der Waals surface area contributed by atoms with Gasteiger partial charge >= 0.3 is 23.1 Å². The van der Waals surface area contributed by atoms with Crippen LogP contribution in [0.15, 0.2) is 6.20 Å². The molecule has 0 fully saturated rings. The van der Waals surface area contributed by atoms with Crippen LogP contribution in [0.5, 0.6) is 5.75 Å². The monoisotopic (exact) mass is 195 g/mol. The number of aromatic nitrogens is 1. The van der Waals surface area contributed by atoms with Crippen molar-refractivity contribution in [2.24, 2.45) is 0 Å². The molecule has 0 aromatic carbocycles. The van der Waals surface area contributed by atoms with Gasteiger partial charge in [-0.05, 0) is 6.92 Å². The number of hydrogen-bond acceptors (Lipinski definition) is 4. The Hall–Kier alpha value is -0.364. The number of aromatic hydroxyl groups is 1. The topological polar surface area (TPSA) is 73.6 Å². The van der Waals surface area contributed by atoms with Crippen LogP contribution in [0.25, 0.3) is 0 Å². The highest BCUT2D eigenvalue weighted by Gasteiger charge is 2.09. The van der Waals surface area contributed by atoms with Gasteiger partial charge in [-0.1, -0.05) is 0 Å². The molecular weight excluding hydrogens is 182 g/mol. The highest BCUT2D eigenvalue weighted by molar-refractivity contribution is 5.75. The summed E-state index contributed by atoms with van der Waals surface area (Å²) in [6.07, 6.45) is 1.45. The zero-order valence-corrected chi connectivity index (χ0v) is 6.78. The largest absolute Gasteiger partial charge is 0.506 e. The maximum atomic E-state index is 9.38. The maximum Gasteiger partial charge on any atom is 0.316 e. The minimum atomic E-state index is -0.287. The fourth-order valence-electron chi connectivity index (χ4n) is 0.997. The molecule has 0 saturated carbocycles. The fraction of sp³-hybridized carbons (Fsp3) is 0.375. The molecule has 1 aromatic rings. The van der Waals surface area contributed by atoms with Gasteiger partial charge in [-0.3, -0.25) is 4.98 Å².